The van der Waals surface area contributed by atoms with Gasteiger partial charge >= 0.3 is 0 Å². The maximum absolute atomic E-state index is 10.8. The Balaban J connectivity index is -0.000000241. The molecule has 108 valence electrons. The van der Waals surface area contributed by atoms with Gasteiger partial charge in [-0.05, 0) is 19.3 Å². The van der Waals surface area contributed by atoms with Gasteiger partial charge in [-0.2, -0.15) is 0 Å². The molecule has 0 spiro atoms. The summed E-state index contributed by atoms with van der Waals surface area (Å²) in [6.45, 7) is 12.0. The van der Waals surface area contributed by atoms with Crippen LogP contribution in [0.5, 0.6) is 0 Å². The Hall–Kier alpha value is -1.39. The number of carbonyl (C=O) groups is 3. The normalized spacial score (nSPS) is 10.3. The monoisotopic (exact) mass is 260 g/mol. The van der Waals surface area contributed by atoms with Gasteiger partial charge in [-0.15, -0.1) is 0 Å². The fourth-order valence-electron chi connectivity index (χ4n) is 0.769. The van der Waals surface area contributed by atoms with Crippen molar-refractivity contribution in [1.29, 1.82) is 0 Å². The topological polar surface area (TPSA) is 89.3 Å². The van der Waals surface area contributed by atoms with Gasteiger partial charge in [0, 0.05) is 18.9 Å². The molecular weight excluding hydrogens is 232 g/mol. The van der Waals surface area contributed by atoms with Gasteiger partial charge in [-0.3, -0.25) is 9.59 Å². The van der Waals surface area contributed by atoms with Crippen molar-refractivity contribution in [1.82, 2.24) is 5.32 Å². The second-order valence-corrected chi connectivity index (χ2v) is 4.17. The van der Waals surface area contributed by atoms with E-state index in [-0.39, 0.29) is 11.8 Å². The highest BCUT2D eigenvalue weighted by Gasteiger charge is 2.07. The highest BCUT2D eigenvalue weighted by Crippen LogP contribution is 1.99. The van der Waals surface area contributed by atoms with Crippen LogP contribution in [0.15, 0.2) is 0 Å². The first-order valence-corrected chi connectivity index (χ1v) is 6.21. The minimum Gasteiger partial charge on any atom is -0.370 e. The van der Waals surface area contributed by atoms with E-state index in [0.717, 1.165) is 6.42 Å². The Morgan fingerprint density at radius 1 is 1.17 bits per heavy atom. The molecule has 0 saturated carbocycles. The zero-order chi connectivity index (χ0) is 15.1. The van der Waals surface area contributed by atoms with Crippen molar-refractivity contribution in [2.75, 3.05) is 0 Å². The van der Waals surface area contributed by atoms with Gasteiger partial charge in [0.25, 0.3) is 0 Å². The van der Waals surface area contributed by atoms with Gasteiger partial charge in [0.05, 0.1) is 0 Å². The molecule has 0 aromatic carbocycles. The second-order valence-electron chi connectivity index (χ2n) is 4.17. The molecule has 0 aliphatic rings. The molecule has 0 aromatic rings. The van der Waals surface area contributed by atoms with Crippen LogP contribution in [-0.4, -0.2) is 24.6 Å². The summed E-state index contributed by atoms with van der Waals surface area (Å²) in [5.74, 6) is 0.453. The average molecular weight is 260 g/mol. The summed E-state index contributed by atoms with van der Waals surface area (Å²) in [5.41, 5.74) is 4.76. The van der Waals surface area contributed by atoms with Gasteiger partial charge < -0.3 is 15.8 Å². The van der Waals surface area contributed by atoms with E-state index < -0.39 is 0 Å². The summed E-state index contributed by atoms with van der Waals surface area (Å²) in [5, 5.41) is 2.89. The first kappa shape index (κ1) is 21.9. The van der Waals surface area contributed by atoms with Crippen molar-refractivity contribution in [3.05, 3.63) is 0 Å². The molecule has 5 heteroatoms. The lowest BCUT2D eigenvalue weighted by Gasteiger charge is -2.16. The quantitative estimate of drug-likeness (QED) is 0.787. The Bertz CT molecular complexity index is 218. The lowest BCUT2D eigenvalue weighted by Crippen LogP contribution is -2.35. The van der Waals surface area contributed by atoms with Crippen molar-refractivity contribution in [3.8, 4) is 0 Å². The number of nitrogens with two attached hydrogens (primary N) is 1. The maximum Gasteiger partial charge on any atom is 0.219 e. The van der Waals surface area contributed by atoms with Gasteiger partial charge in [0.2, 0.25) is 11.8 Å². The van der Waals surface area contributed by atoms with Crippen LogP contribution < -0.4 is 11.1 Å². The minimum absolute atomic E-state index is 0.140. The number of hydrogen-bond donors (Lipinski definition) is 2. The van der Waals surface area contributed by atoms with E-state index in [4.69, 9.17) is 10.5 Å². The van der Waals surface area contributed by atoms with Gasteiger partial charge in [0.15, 0.2) is 0 Å². The van der Waals surface area contributed by atoms with E-state index in [1.165, 1.54) is 0 Å². The van der Waals surface area contributed by atoms with Crippen molar-refractivity contribution in [2.24, 2.45) is 11.7 Å². The van der Waals surface area contributed by atoms with Gasteiger partial charge in [-0.25, -0.2) is 0 Å². The molecule has 0 aromatic heterocycles. The van der Waals surface area contributed by atoms with Crippen LogP contribution in [0, 0.1) is 5.92 Å². The summed E-state index contributed by atoms with van der Waals surface area (Å²) in [4.78, 5) is 28.6. The van der Waals surface area contributed by atoms with Crippen LogP contribution in [0.25, 0.3) is 0 Å². The van der Waals surface area contributed by atoms with Crippen LogP contribution >= 0.6 is 0 Å². The molecule has 0 radical (unpaired) electrons. The van der Waals surface area contributed by atoms with Gasteiger partial charge in [0.1, 0.15) is 6.79 Å². The van der Waals surface area contributed by atoms with Crippen molar-refractivity contribution in [3.63, 3.8) is 0 Å². The molecule has 0 heterocycles. The minimum atomic E-state index is -0.211. The molecule has 18 heavy (non-hydrogen) atoms. The number of nitrogens with one attached hydrogen (secondary N) is 1. The van der Waals surface area contributed by atoms with Crippen LogP contribution in [0.1, 0.15) is 53.9 Å². The number of hydrogen-bond acceptors (Lipinski definition) is 3. The molecule has 0 saturated heterocycles. The number of carbonyl (C=O) groups excluding carboxylic acids is 3. The molecule has 5 nitrogen and oxygen atoms in total. The fraction of sp³-hybridized carbons (Fsp3) is 0.769. The molecule has 0 fully saturated rings. The number of rotatable bonds is 5. The van der Waals surface area contributed by atoms with E-state index in [1.54, 1.807) is 0 Å². The predicted molar refractivity (Wildman–Crippen MR) is 74.0 cm³/mol. The van der Waals surface area contributed by atoms with E-state index in [1.807, 2.05) is 27.6 Å². The molecule has 0 bridgehead atoms. The highest BCUT2D eigenvalue weighted by atomic mass is 16.2. The van der Waals surface area contributed by atoms with Crippen molar-refractivity contribution < 1.29 is 14.4 Å². The summed E-state index contributed by atoms with van der Waals surface area (Å²) in [6.07, 6.45) is 1.95. The largest absolute Gasteiger partial charge is 0.370 e. The first-order chi connectivity index (χ1) is 8.34. The number of primary amides is 1. The summed E-state index contributed by atoms with van der Waals surface area (Å²) >= 11 is 0. The van der Waals surface area contributed by atoms with E-state index in [9.17, 15) is 9.59 Å². The Morgan fingerprint density at radius 3 is 1.78 bits per heavy atom. The predicted octanol–water partition coefficient (Wildman–Crippen LogP) is 1.64. The zero-order valence-electron chi connectivity index (χ0n) is 12.3. The maximum atomic E-state index is 10.8. The molecule has 2 amide bonds. The highest BCUT2D eigenvalue weighted by molar-refractivity contribution is 5.75. The van der Waals surface area contributed by atoms with Gasteiger partial charge in [-0.1, -0.05) is 27.7 Å². The lowest BCUT2D eigenvalue weighted by molar-refractivity contribution is -0.121. The van der Waals surface area contributed by atoms with Crippen LogP contribution in [0.4, 0.5) is 0 Å². The summed E-state index contributed by atoms with van der Waals surface area (Å²) < 4.78 is 0. The number of amides is 2. The lowest BCUT2D eigenvalue weighted by atomic mass is 10.1. The Labute approximate surface area is 111 Å². The van der Waals surface area contributed by atoms with Crippen LogP contribution in [0.3, 0.4) is 0 Å². The van der Waals surface area contributed by atoms with Crippen molar-refractivity contribution in [2.45, 2.75) is 59.9 Å². The van der Waals surface area contributed by atoms with Crippen LogP contribution in [0.2, 0.25) is 0 Å². The summed E-state index contributed by atoms with van der Waals surface area (Å²) in [7, 11) is 0. The van der Waals surface area contributed by atoms with Crippen molar-refractivity contribution >= 4 is 18.6 Å². The molecule has 3 N–H and O–H groups in total. The molecule has 1 atom stereocenters. The molecule has 0 rings (SSSR count). The first-order valence-electron chi connectivity index (χ1n) is 6.21. The third kappa shape index (κ3) is 20.1. The van der Waals surface area contributed by atoms with E-state index in [2.05, 4.69) is 19.2 Å². The smallest absolute Gasteiger partial charge is 0.219 e. The zero-order valence-corrected chi connectivity index (χ0v) is 12.3. The Morgan fingerprint density at radius 2 is 1.61 bits per heavy atom. The second kappa shape index (κ2) is 15.6. The SMILES string of the molecule is C=O.CCC(=O)NC(C)C(C)C.CCCC(N)=O. The van der Waals surface area contributed by atoms with E-state index in [0.29, 0.717) is 24.8 Å². The van der Waals surface area contributed by atoms with E-state index >= 15 is 0 Å². The molecule has 0 aliphatic carbocycles. The van der Waals surface area contributed by atoms with Crippen LogP contribution in [-0.2, 0) is 14.4 Å². The third-order valence-corrected chi connectivity index (χ3v) is 2.21. The molecule has 0 aliphatic heterocycles. The molecular formula is C13H28N2O3. The molecule has 1 unspecified atom stereocenters. The third-order valence-electron chi connectivity index (χ3n) is 2.21. The summed E-state index contributed by atoms with van der Waals surface area (Å²) in [6, 6.07) is 0.299. The fourth-order valence-corrected chi connectivity index (χ4v) is 0.769. The standard InChI is InChI=1S/C8H17NO.C4H9NO.CH2O/c1-5-8(10)9-7(4)6(2)3;1-2-3-4(5)6;1-2/h6-7H,5H2,1-4H3,(H,9,10);2-3H2,1H3,(H2,5,6);1H2. The average Bonchev–Trinajstić information content (AvgIpc) is 2.31. The Kier molecular flexibility index (Phi) is 18.9.